The van der Waals surface area contributed by atoms with Crippen LogP contribution in [0.2, 0.25) is 0 Å². The van der Waals surface area contributed by atoms with E-state index in [0.29, 0.717) is 17.1 Å². The van der Waals surface area contributed by atoms with Gasteiger partial charge in [-0.25, -0.2) is 4.79 Å². The first-order chi connectivity index (χ1) is 14.5. The van der Waals surface area contributed by atoms with Gasteiger partial charge < -0.3 is 9.47 Å². The fourth-order valence-electron chi connectivity index (χ4n) is 2.61. The van der Waals surface area contributed by atoms with Gasteiger partial charge in [-0.15, -0.1) is 0 Å². The third kappa shape index (κ3) is 4.58. The molecule has 0 aliphatic rings. The molecule has 0 atom stereocenters. The number of nitro benzene ring substituents is 1. The number of hydrogen-bond acceptors (Lipinski definition) is 7. The molecule has 0 amide bonds. The van der Waals surface area contributed by atoms with Crippen molar-refractivity contribution >= 4 is 11.7 Å². The Morgan fingerprint density at radius 3 is 2.27 bits per heavy atom. The Morgan fingerprint density at radius 1 is 0.933 bits per heavy atom. The minimum absolute atomic E-state index is 0.117. The summed E-state index contributed by atoms with van der Waals surface area (Å²) in [5.74, 6) is 0.154. The van der Waals surface area contributed by atoms with E-state index in [1.807, 2.05) is 12.1 Å². The number of carbonyl (C=O) groups is 1. The SMILES string of the molecule is N#Cc1ccc(Oc2ccc(C(=O)OCc3ccccc3[N+](=O)[O-])cc2)cc1C#N. The van der Waals surface area contributed by atoms with Crippen LogP contribution in [0.3, 0.4) is 0 Å². The maximum absolute atomic E-state index is 12.2. The Labute approximate surface area is 171 Å². The van der Waals surface area contributed by atoms with E-state index in [2.05, 4.69) is 0 Å². The van der Waals surface area contributed by atoms with Gasteiger partial charge >= 0.3 is 5.97 Å². The molecule has 3 rings (SSSR count). The van der Waals surface area contributed by atoms with Gasteiger partial charge in [-0.3, -0.25) is 10.1 Å². The van der Waals surface area contributed by atoms with Crippen LogP contribution >= 0.6 is 0 Å². The predicted octanol–water partition coefficient (Wildman–Crippen LogP) is 4.49. The van der Waals surface area contributed by atoms with Crippen molar-refractivity contribution in [3.8, 4) is 23.6 Å². The first-order valence-corrected chi connectivity index (χ1v) is 8.63. The summed E-state index contributed by atoms with van der Waals surface area (Å²) in [4.78, 5) is 22.7. The van der Waals surface area contributed by atoms with E-state index in [1.165, 1.54) is 42.5 Å². The molecule has 0 saturated heterocycles. The molecule has 0 fully saturated rings. The normalized spacial score (nSPS) is 9.80. The Morgan fingerprint density at radius 2 is 1.60 bits per heavy atom. The molecule has 8 nitrogen and oxygen atoms in total. The number of nitrogens with zero attached hydrogens (tertiary/aromatic N) is 3. The molecule has 0 N–H and O–H groups in total. The average Bonchev–Trinajstić information content (AvgIpc) is 2.78. The maximum atomic E-state index is 12.2. The minimum Gasteiger partial charge on any atom is -0.457 e. The number of ether oxygens (including phenoxy) is 2. The number of benzene rings is 3. The number of para-hydroxylation sites is 1. The highest BCUT2D eigenvalue weighted by Crippen LogP contribution is 2.25. The zero-order chi connectivity index (χ0) is 21.5. The predicted molar refractivity (Wildman–Crippen MR) is 105 cm³/mol. The van der Waals surface area contributed by atoms with Gasteiger partial charge in [0.2, 0.25) is 0 Å². The summed E-state index contributed by atoms with van der Waals surface area (Å²) in [6.07, 6.45) is 0. The monoisotopic (exact) mass is 399 g/mol. The molecular formula is C22H13N3O5. The van der Waals surface area contributed by atoms with Crippen molar-refractivity contribution in [1.29, 1.82) is 10.5 Å². The average molecular weight is 399 g/mol. The lowest BCUT2D eigenvalue weighted by Gasteiger charge is -2.08. The van der Waals surface area contributed by atoms with Crippen molar-refractivity contribution in [2.75, 3.05) is 0 Å². The molecular weight excluding hydrogens is 386 g/mol. The Kier molecular flexibility index (Phi) is 6.02. The molecule has 0 aliphatic heterocycles. The largest absolute Gasteiger partial charge is 0.457 e. The fourth-order valence-corrected chi connectivity index (χ4v) is 2.61. The molecule has 0 spiro atoms. The van der Waals surface area contributed by atoms with Gasteiger partial charge in [-0.2, -0.15) is 10.5 Å². The highest BCUT2D eigenvalue weighted by Gasteiger charge is 2.15. The van der Waals surface area contributed by atoms with Crippen LogP contribution in [-0.4, -0.2) is 10.9 Å². The van der Waals surface area contributed by atoms with E-state index in [0.717, 1.165) is 0 Å². The highest BCUT2D eigenvalue weighted by atomic mass is 16.6. The molecule has 3 aromatic carbocycles. The fraction of sp³-hybridized carbons (Fsp3) is 0.0455. The zero-order valence-electron chi connectivity index (χ0n) is 15.4. The summed E-state index contributed by atoms with van der Waals surface area (Å²) >= 11 is 0. The van der Waals surface area contributed by atoms with Crippen LogP contribution in [0.5, 0.6) is 11.5 Å². The Bertz CT molecular complexity index is 1190. The van der Waals surface area contributed by atoms with Gasteiger partial charge in [0, 0.05) is 6.07 Å². The van der Waals surface area contributed by atoms with Crippen molar-refractivity contribution in [2.24, 2.45) is 0 Å². The third-order valence-electron chi connectivity index (χ3n) is 4.10. The van der Waals surface area contributed by atoms with Crippen LogP contribution in [0.25, 0.3) is 0 Å². The van der Waals surface area contributed by atoms with Gasteiger partial charge in [-0.1, -0.05) is 12.1 Å². The summed E-state index contributed by atoms with van der Waals surface area (Å²) in [7, 11) is 0. The molecule has 0 heterocycles. The van der Waals surface area contributed by atoms with Crippen molar-refractivity contribution in [3.63, 3.8) is 0 Å². The molecule has 3 aromatic rings. The first-order valence-electron chi connectivity index (χ1n) is 8.63. The number of carbonyl (C=O) groups excluding carboxylic acids is 1. The second-order valence-corrected chi connectivity index (χ2v) is 6.02. The van der Waals surface area contributed by atoms with Crippen LogP contribution in [0, 0.1) is 32.8 Å². The molecule has 0 unspecified atom stereocenters. The smallest absolute Gasteiger partial charge is 0.338 e. The lowest BCUT2D eigenvalue weighted by molar-refractivity contribution is -0.385. The molecule has 0 radical (unpaired) electrons. The summed E-state index contributed by atoms with van der Waals surface area (Å²) in [5, 5.41) is 29.0. The molecule has 0 bridgehead atoms. The van der Waals surface area contributed by atoms with Crippen LogP contribution in [0.1, 0.15) is 27.0 Å². The molecule has 0 aromatic heterocycles. The molecule has 30 heavy (non-hydrogen) atoms. The van der Waals surface area contributed by atoms with Crippen LogP contribution in [0.4, 0.5) is 5.69 Å². The molecule has 146 valence electrons. The van der Waals surface area contributed by atoms with Crippen molar-refractivity contribution in [2.45, 2.75) is 6.61 Å². The van der Waals surface area contributed by atoms with Crippen LogP contribution in [-0.2, 0) is 11.3 Å². The van der Waals surface area contributed by atoms with E-state index < -0.39 is 10.9 Å². The van der Waals surface area contributed by atoms with Gasteiger partial charge in [-0.05, 0) is 48.5 Å². The van der Waals surface area contributed by atoms with E-state index in [1.54, 1.807) is 24.3 Å². The Balaban J connectivity index is 1.66. The standard InChI is InChI=1S/C22H13N3O5/c23-12-16-7-10-20(11-18(16)13-24)30-19-8-5-15(6-9-19)22(26)29-14-17-3-1-2-4-21(17)25(27)28/h1-11H,14H2. The molecule has 8 heteroatoms. The van der Waals surface area contributed by atoms with Crippen molar-refractivity contribution in [3.05, 3.63) is 99.1 Å². The number of nitriles is 2. The van der Waals surface area contributed by atoms with E-state index in [9.17, 15) is 14.9 Å². The third-order valence-corrected chi connectivity index (χ3v) is 4.10. The Hall–Kier alpha value is -4.69. The van der Waals surface area contributed by atoms with E-state index in [4.69, 9.17) is 20.0 Å². The van der Waals surface area contributed by atoms with Crippen molar-refractivity contribution in [1.82, 2.24) is 0 Å². The molecule has 0 aliphatic carbocycles. The summed E-state index contributed by atoms with van der Waals surface area (Å²) < 4.78 is 10.8. The lowest BCUT2D eigenvalue weighted by Crippen LogP contribution is -2.06. The van der Waals surface area contributed by atoms with Crippen LogP contribution in [0.15, 0.2) is 66.7 Å². The number of esters is 1. The maximum Gasteiger partial charge on any atom is 0.338 e. The second-order valence-electron chi connectivity index (χ2n) is 6.02. The van der Waals surface area contributed by atoms with Gasteiger partial charge in [0.1, 0.15) is 30.2 Å². The number of nitro groups is 1. The van der Waals surface area contributed by atoms with E-state index >= 15 is 0 Å². The topological polar surface area (TPSA) is 126 Å². The summed E-state index contributed by atoms with van der Waals surface area (Å²) in [5.41, 5.74) is 0.878. The van der Waals surface area contributed by atoms with Gasteiger partial charge in [0.15, 0.2) is 0 Å². The lowest BCUT2D eigenvalue weighted by atomic mass is 10.1. The quantitative estimate of drug-likeness (QED) is 0.339. The summed E-state index contributed by atoms with van der Waals surface area (Å²) in [6, 6.07) is 20.5. The van der Waals surface area contributed by atoms with E-state index in [-0.39, 0.29) is 29.0 Å². The van der Waals surface area contributed by atoms with Gasteiger partial charge in [0.25, 0.3) is 5.69 Å². The zero-order valence-corrected chi connectivity index (χ0v) is 15.4. The van der Waals surface area contributed by atoms with Crippen molar-refractivity contribution < 1.29 is 19.2 Å². The summed E-state index contributed by atoms with van der Waals surface area (Å²) in [6.45, 7) is -0.226. The number of rotatable bonds is 6. The number of hydrogen-bond donors (Lipinski definition) is 0. The van der Waals surface area contributed by atoms with Crippen LogP contribution < -0.4 is 4.74 Å². The highest BCUT2D eigenvalue weighted by molar-refractivity contribution is 5.89. The second kappa shape index (κ2) is 9.00. The first kappa shape index (κ1) is 20.1. The minimum atomic E-state index is -0.634. The molecule has 0 saturated carbocycles. The van der Waals surface area contributed by atoms with Gasteiger partial charge in [0.05, 0.1) is 27.2 Å².